The Morgan fingerprint density at radius 2 is 2.05 bits per heavy atom. The molecular formula is C14H14FN3O3. The number of imide groups is 1. The number of carbonyl (C=O) groups excluding carboxylic acids is 3. The van der Waals surface area contributed by atoms with Crippen LogP contribution >= 0.6 is 0 Å². The summed E-state index contributed by atoms with van der Waals surface area (Å²) in [5, 5.41) is 5.17. The van der Waals surface area contributed by atoms with Crippen LogP contribution in [0.1, 0.15) is 28.8 Å². The largest absolute Gasteiger partial charge is 0.295 e. The van der Waals surface area contributed by atoms with Crippen LogP contribution in [0.15, 0.2) is 18.2 Å². The number of amides is 3. The predicted octanol–water partition coefficient (Wildman–Crippen LogP) is 0.434. The summed E-state index contributed by atoms with van der Waals surface area (Å²) in [5.74, 6) is -1.75. The highest BCUT2D eigenvalue weighted by molar-refractivity contribution is 6.04. The van der Waals surface area contributed by atoms with E-state index in [1.165, 1.54) is 17.1 Å². The lowest BCUT2D eigenvalue weighted by Crippen LogP contribution is -2.60. The van der Waals surface area contributed by atoms with Gasteiger partial charge in [0.05, 0.1) is 0 Å². The molecule has 1 atom stereocenters. The molecule has 2 aliphatic heterocycles. The van der Waals surface area contributed by atoms with Crippen LogP contribution in [-0.4, -0.2) is 40.8 Å². The molecule has 0 aromatic heterocycles. The summed E-state index contributed by atoms with van der Waals surface area (Å²) in [7, 11) is 1.69. The summed E-state index contributed by atoms with van der Waals surface area (Å²) in [6, 6.07) is 3.32. The van der Waals surface area contributed by atoms with E-state index in [1.54, 1.807) is 18.1 Å². The molecule has 1 unspecified atom stereocenters. The molecule has 1 fully saturated rings. The van der Waals surface area contributed by atoms with Gasteiger partial charge in [0.2, 0.25) is 5.91 Å². The number of nitrogens with one attached hydrogen (secondary N) is 1. The van der Waals surface area contributed by atoms with Gasteiger partial charge in [-0.05, 0) is 24.1 Å². The molecule has 0 spiro atoms. The predicted molar refractivity (Wildman–Crippen MR) is 70.2 cm³/mol. The van der Waals surface area contributed by atoms with E-state index in [0.29, 0.717) is 12.1 Å². The van der Waals surface area contributed by atoms with Crippen LogP contribution in [-0.2, 0) is 16.1 Å². The molecule has 21 heavy (non-hydrogen) atoms. The van der Waals surface area contributed by atoms with Crippen molar-refractivity contribution in [3.05, 3.63) is 35.1 Å². The van der Waals surface area contributed by atoms with Crippen molar-refractivity contribution in [2.45, 2.75) is 25.4 Å². The van der Waals surface area contributed by atoms with Crippen LogP contribution in [0.3, 0.4) is 0 Å². The number of nitrogens with zero attached hydrogens (tertiary/aromatic N) is 2. The van der Waals surface area contributed by atoms with Gasteiger partial charge in [0.15, 0.2) is 0 Å². The lowest BCUT2D eigenvalue weighted by Gasteiger charge is -2.42. The summed E-state index contributed by atoms with van der Waals surface area (Å²) in [6.45, 7) is 0.402. The first-order chi connectivity index (χ1) is 9.97. The fourth-order valence-corrected chi connectivity index (χ4v) is 2.78. The van der Waals surface area contributed by atoms with Gasteiger partial charge in [-0.1, -0.05) is 6.07 Å². The van der Waals surface area contributed by atoms with E-state index in [4.69, 9.17) is 0 Å². The number of rotatable bonds is 1. The van der Waals surface area contributed by atoms with Crippen LogP contribution in [0.25, 0.3) is 0 Å². The number of hydrogen-bond donors (Lipinski definition) is 1. The lowest BCUT2D eigenvalue weighted by atomic mass is 10.00. The quantitative estimate of drug-likeness (QED) is 0.762. The highest BCUT2D eigenvalue weighted by Crippen LogP contribution is 2.26. The zero-order valence-corrected chi connectivity index (χ0v) is 11.4. The molecule has 2 aliphatic rings. The van der Waals surface area contributed by atoms with Crippen molar-refractivity contribution in [1.82, 2.24) is 15.3 Å². The molecule has 0 bridgehead atoms. The molecule has 1 N–H and O–H groups in total. The van der Waals surface area contributed by atoms with Crippen molar-refractivity contribution in [3.63, 3.8) is 0 Å². The molecule has 1 saturated heterocycles. The van der Waals surface area contributed by atoms with E-state index < -0.39 is 23.7 Å². The number of fused-ring (bicyclic) bond motifs is 1. The minimum absolute atomic E-state index is 0.185. The Morgan fingerprint density at radius 3 is 2.76 bits per heavy atom. The minimum atomic E-state index is -0.739. The second kappa shape index (κ2) is 4.92. The third-order valence-corrected chi connectivity index (χ3v) is 3.78. The minimum Gasteiger partial charge on any atom is -0.295 e. The van der Waals surface area contributed by atoms with Gasteiger partial charge in [0.25, 0.3) is 11.8 Å². The van der Waals surface area contributed by atoms with Crippen LogP contribution in [0.2, 0.25) is 0 Å². The van der Waals surface area contributed by atoms with Crippen LogP contribution in [0.5, 0.6) is 0 Å². The van der Waals surface area contributed by atoms with E-state index in [-0.39, 0.29) is 24.3 Å². The molecule has 110 valence electrons. The third-order valence-electron chi connectivity index (χ3n) is 3.78. The molecule has 3 amide bonds. The number of benzene rings is 1. The van der Waals surface area contributed by atoms with Gasteiger partial charge >= 0.3 is 0 Å². The number of hydrazine groups is 1. The zero-order chi connectivity index (χ0) is 15.1. The molecular weight excluding hydrogens is 277 g/mol. The molecule has 3 rings (SSSR count). The van der Waals surface area contributed by atoms with Crippen molar-refractivity contribution >= 4 is 17.7 Å². The molecule has 1 aromatic carbocycles. The standard InChI is InChI=1S/C14H14FN3O3/c1-17-7-8-2-3-9(15)6-10(8)14(21)18(17)11-4-5-12(19)16-13(11)20/h2-3,6,11H,4-5,7H2,1H3,(H,16,19,20). The average molecular weight is 291 g/mol. The molecule has 0 saturated carbocycles. The van der Waals surface area contributed by atoms with E-state index in [0.717, 1.165) is 0 Å². The molecule has 2 heterocycles. The van der Waals surface area contributed by atoms with E-state index in [9.17, 15) is 18.8 Å². The van der Waals surface area contributed by atoms with E-state index in [2.05, 4.69) is 5.32 Å². The molecule has 1 aromatic rings. The van der Waals surface area contributed by atoms with E-state index >= 15 is 0 Å². The Hall–Kier alpha value is -2.28. The maximum Gasteiger partial charge on any atom is 0.269 e. The van der Waals surface area contributed by atoms with Gasteiger partial charge in [0, 0.05) is 25.6 Å². The van der Waals surface area contributed by atoms with Gasteiger partial charge in [-0.25, -0.2) is 9.40 Å². The van der Waals surface area contributed by atoms with Crippen molar-refractivity contribution in [2.75, 3.05) is 7.05 Å². The van der Waals surface area contributed by atoms with Crippen LogP contribution in [0.4, 0.5) is 4.39 Å². The summed E-state index contributed by atoms with van der Waals surface area (Å²) in [5.41, 5.74) is 0.977. The highest BCUT2D eigenvalue weighted by Gasteiger charge is 2.40. The van der Waals surface area contributed by atoms with Crippen LogP contribution < -0.4 is 5.32 Å². The van der Waals surface area contributed by atoms with Gasteiger partial charge in [0.1, 0.15) is 11.9 Å². The first-order valence-electron chi connectivity index (χ1n) is 6.64. The number of halogens is 1. The monoisotopic (exact) mass is 291 g/mol. The fraction of sp³-hybridized carbons (Fsp3) is 0.357. The van der Waals surface area contributed by atoms with Crippen molar-refractivity contribution in [1.29, 1.82) is 0 Å². The highest BCUT2D eigenvalue weighted by atomic mass is 19.1. The zero-order valence-electron chi connectivity index (χ0n) is 11.4. The van der Waals surface area contributed by atoms with Crippen LogP contribution in [0, 0.1) is 5.82 Å². The Bertz CT molecular complexity index is 646. The smallest absolute Gasteiger partial charge is 0.269 e. The third kappa shape index (κ3) is 2.29. The topological polar surface area (TPSA) is 69.7 Å². The van der Waals surface area contributed by atoms with Crippen molar-refractivity contribution in [2.24, 2.45) is 0 Å². The first kappa shape index (κ1) is 13.7. The van der Waals surface area contributed by atoms with Gasteiger partial charge in [-0.3, -0.25) is 24.7 Å². The maximum absolute atomic E-state index is 13.4. The summed E-state index contributed by atoms with van der Waals surface area (Å²) >= 11 is 0. The van der Waals surface area contributed by atoms with Crippen molar-refractivity contribution in [3.8, 4) is 0 Å². The summed E-state index contributed by atoms with van der Waals surface area (Å²) in [6.07, 6.45) is 0.454. The Balaban J connectivity index is 1.95. The Labute approximate surface area is 120 Å². The summed E-state index contributed by atoms with van der Waals surface area (Å²) in [4.78, 5) is 35.7. The molecule has 0 aliphatic carbocycles. The molecule has 0 radical (unpaired) electrons. The summed E-state index contributed by atoms with van der Waals surface area (Å²) < 4.78 is 13.4. The second-order valence-corrected chi connectivity index (χ2v) is 5.23. The molecule has 7 heteroatoms. The van der Waals surface area contributed by atoms with Crippen molar-refractivity contribution < 1.29 is 18.8 Å². The Kier molecular flexibility index (Phi) is 3.21. The lowest BCUT2D eigenvalue weighted by molar-refractivity contribution is -0.142. The number of carbonyl (C=O) groups is 3. The maximum atomic E-state index is 13.4. The normalized spacial score (nSPS) is 23.0. The number of hydrogen-bond acceptors (Lipinski definition) is 4. The van der Waals surface area contributed by atoms with Gasteiger partial charge in [-0.2, -0.15) is 0 Å². The number of piperidine rings is 1. The van der Waals surface area contributed by atoms with E-state index in [1.807, 2.05) is 0 Å². The fourth-order valence-electron chi connectivity index (χ4n) is 2.78. The SMILES string of the molecule is CN1Cc2ccc(F)cc2C(=O)N1C1CCC(=O)NC1=O. The van der Waals surface area contributed by atoms with Gasteiger partial charge < -0.3 is 0 Å². The second-order valence-electron chi connectivity index (χ2n) is 5.23. The average Bonchev–Trinajstić information content (AvgIpc) is 2.42. The van der Waals surface area contributed by atoms with Gasteiger partial charge in [-0.15, -0.1) is 0 Å². The first-order valence-corrected chi connectivity index (χ1v) is 6.64. The molecule has 6 nitrogen and oxygen atoms in total. The Morgan fingerprint density at radius 1 is 1.29 bits per heavy atom.